The summed E-state index contributed by atoms with van der Waals surface area (Å²) in [7, 11) is 0. The third-order valence-corrected chi connectivity index (χ3v) is 5.93. The zero-order valence-electron chi connectivity index (χ0n) is 14.2. The molecule has 0 aromatic heterocycles. The highest BCUT2D eigenvalue weighted by atomic mass is 35.5. The molecular weight excluding hydrogens is 314 g/mol. The van der Waals surface area contributed by atoms with E-state index >= 15 is 0 Å². The van der Waals surface area contributed by atoms with Crippen LogP contribution in [0.4, 0.5) is 0 Å². The molecule has 2 aliphatic carbocycles. The Labute approximate surface area is 145 Å². The first-order chi connectivity index (χ1) is 10.5. The average Bonchev–Trinajstić information content (AvgIpc) is 2.45. The first-order valence-corrected chi connectivity index (χ1v) is 8.82. The molecule has 3 unspecified atom stereocenters. The summed E-state index contributed by atoms with van der Waals surface area (Å²) in [5, 5.41) is 2.90. The zero-order valence-corrected chi connectivity index (χ0v) is 15.0. The fourth-order valence-electron chi connectivity index (χ4n) is 4.82. The van der Waals surface area contributed by atoms with E-state index in [9.17, 15) is 9.59 Å². The van der Waals surface area contributed by atoms with Crippen LogP contribution in [0.1, 0.15) is 46.0 Å². The number of rotatable bonds is 2. The highest BCUT2D eigenvalue weighted by Crippen LogP contribution is 2.42. The predicted octanol–water partition coefficient (Wildman–Crippen LogP) is 1.54. The molecule has 2 amide bonds. The number of hydrogen-bond acceptors (Lipinski definition) is 3. The Hall–Kier alpha value is -0.810. The van der Waals surface area contributed by atoms with Crippen LogP contribution >= 0.6 is 12.4 Å². The molecule has 2 bridgehead atoms. The van der Waals surface area contributed by atoms with Crippen molar-refractivity contribution in [2.24, 2.45) is 29.4 Å². The molecule has 0 spiro atoms. The number of carbonyl (C=O) groups is 2. The van der Waals surface area contributed by atoms with E-state index in [4.69, 9.17) is 5.73 Å². The van der Waals surface area contributed by atoms with Crippen molar-refractivity contribution in [1.29, 1.82) is 0 Å². The van der Waals surface area contributed by atoms with E-state index in [1.54, 1.807) is 0 Å². The molecule has 1 aliphatic heterocycles. The highest BCUT2D eigenvalue weighted by molar-refractivity contribution is 5.90. The SMILES string of the molecule is CC(C)C1C(=O)NCCN1C(=O)C1CC2CCCC(C1)C2N.Cl. The molecule has 1 saturated heterocycles. The van der Waals surface area contributed by atoms with Crippen LogP contribution in [-0.4, -0.2) is 41.9 Å². The minimum Gasteiger partial charge on any atom is -0.353 e. The predicted molar refractivity (Wildman–Crippen MR) is 92.1 cm³/mol. The van der Waals surface area contributed by atoms with Crippen molar-refractivity contribution in [3.05, 3.63) is 0 Å². The third kappa shape index (κ3) is 3.50. The van der Waals surface area contributed by atoms with Crippen LogP contribution in [0.25, 0.3) is 0 Å². The van der Waals surface area contributed by atoms with Crippen molar-refractivity contribution < 1.29 is 9.59 Å². The Morgan fingerprint density at radius 3 is 2.43 bits per heavy atom. The monoisotopic (exact) mass is 343 g/mol. The van der Waals surface area contributed by atoms with Gasteiger partial charge in [-0.2, -0.15) is 0 Å². The van der Waals surface area contributed by atoms with Crippen LogP contribution < -0.4 is 11.1 Å². The molecule has 0 aromatic rings. The van der Waals surface area contributed by atoms with E-state index < -0.39 is 0 Å². The topological polar surface area (TPSA) is 75.4 Å². The molecule has 23 heavy (non-hydrogen) atoms. The summed E-state index contributed by atoms with van der Waals surface area (Å²) in [5.41, 5.74) is 6.33. The number of amides is 2. The van der Waals surface area contributed by atoms with Crippen molar-refractivity contribution in [2.45, 2.75) is 58.0 Å². The Morgan fingerprint density at radius 2 is 1.87 bits per heavy atom. The maximum absolute atomic E-state index is 13.1. The lowest BCUT2D eigenvalue weighted by molar-refractivity contribution is -0.150. The van der Waals surface area contributed by atoms with E-state index in [1.165, 1.54) is 6.42 Å². The van der Waals surface area contributed by atoms with Gasteiger partial charge in [0.05, 0.1) is 0 Å². The summed E-state index contributed by atoms with van der Waals surface area (Å²) in [4.78, 5) is 27.1. The van der Waals surface area contributed by atoms with Crippen molar-refractivity contribution in [2.75, 3.05) is 13.1 Å². The van der Waals surface area contributed by atoms with Crippen LogP contribution in [0.5, 0.6) is 0 Å². The van der Waals surface area contributed by atoms with Crippen LogP contribution in [0.15, 0.2) is 0 Å². The van der Waals surface area contributed by atoms with E-state index in [2.05, 4.69) is 5.32 Å². The van der Waals surface area contributed by atoms with E-state index in [1.807, 2.05) is 18.7 Å². The van der Waals surface area contributed by atoms with Crippen molar-refractivity contribution >= 4 is 24.2 Å². The number of nitrogens with one attached hydrogen (secondary N) is 1. The summed E-state index contributed by atoms with van der Waals surface area (Å²) >= 11 is 0. The molecule has 3 N–H and O–H groups in total. The Bertz CT molecular complexity index is 443. The molecule has 3 fully saturated rings. The van der Waals surface area contributed by atoms with Gasteiger partial charge in [0.2, 0.25) is 11.8 Å². The standard InChI is InChI=1S/C17H29N3O2.ClH/c1-10(2)15-16(21)19-6-7-20(15)17(22)13-8-11-4-3-5-12(9-13)14(11)18;/h10-15H,3-9,18H2,1-2H3,(H,19,21);1H. The minimum atomic E-state index is -0.309. The molecule has 3 atom stereocenters. The van der Waals surface area contributed by atoms with Crippen molar-refractivity contribution in [1.82, 2.24) is 10.2 Å². The molecule has 3 rings (SSSR count). The number of halogens is 1. The van der Waals surface area contributed by atoms with Crippen LogP contribution in [0.3, 0.4) is 0 Å². The molecule has 6 heteroatoms. The smallest absolute Gasteiger partial charge is 0.243 e. The normalized spacial score (nSPS) is 37.1. The maximum Gasteiger partial charge on any atom is 0.243 e. The van der Waals surface area contributed by atoms with Gasteiger partial charge >= 0.3 is 0 Å². The molecule has 3 aliphatic rings. The number of nitrogens with zero attached hydrogens (tertiary/aromatic N) is 1. The van der Waals surface area contributed by atoms with Gasteiger partial charge in [0.1, 0.15) is 6.04 Å². The lowest BCUT2D eigenvalue weighted by Crippen LogP contribution is -2.61. The molecule has 5 nitrogen and oxygen atoms in total. The highest BCUT2D eigenvalue weighted by Gasteiger charge is 2.44. The number of carbonyl (C=O) groups excluding carboxylic acids is 2. The van der Waals surface area contributed by atoms with Crippen LogP contribution in [-0.2, 0) is 9.59 Å². The Morgan fingerprint density at radius 1 is 1.26 bits per heavy atom. The molecule has 1 heterocycles. The lowest BCUT2D eigenvalue weighted by Gasteiger charge is -2.46. The molecule has 0 radical (unpaired) electrons. The van der Waals surface area contributed by atoms with E-state index in [0.717, 1.165) is 25.7 Å². The molecule has 132 valence electrons. The zero-order chi connectivity index (χ0) is 15.9. The first kappa shape index (κ1) is 18.5. The fourth-order valence-corrected chi connectivity index (χ4v) is 4.82. The second kappa shape index (κ2) is 7.39. The van der Waals surface area contributed by atoms with Crippen molar-refractivity contribution in [3.63, 3.8) is 0 Å². The summed E-state index contributed by atoms with van der Waals surface area (Å²) in [5.74, 6) is 1.41. The van der Waals surface area contributed by atoms with E-state index in [-0.39, 0.29) is 48.1 Å². The van der Waals surface area contributed by atoms with Crippen LogP contribution in [0.2, 0.25) is 0 Å². The second-order valence-electron chi connectivity index (χ2n) is 7.71. The van der Waals surface area contributed by atoms with Gasteiger partial charge in [-0.1, -0.05) is 20.3 Å². The summed E-state index contributed by atoms with van der Waals surface area (Å²) in [6.45, 7) is 5.25. The Kier molecular flexibility index (Phi) is 5.95. The molecular formula is C17H30ClN3O2. The fraction of sp³-hybridized carbons (Fsp3) is 0.882. The first-order valence-electron chi connectivity index (χ1n) is 8.82. The lowest BCUT2D eigenvalue weighted by atomic mass is 9.64. The average molecular weight is 344 g/mol. The molecule has 2 saturated carbocycles. The third-order valence-electron chi connectivity index (χ3n) is 5.93. The number of piperazine rings is 1. The van der Waals surface area contributed by atoms with Crippen molar-refractivity contribution in [3.8, 4) is 0 Å². The van der Waals surface area contributed by atoms with Gasteiger partial charge in [-0.25, -0.2) is 0 Å². The Balaban J connectivity index is 0.00000192. The van der Waals surface area contributed by atoms with Gasteiger partial charge in [-0.15, -0.1) is 12.4 Å². The number of fused-ring (bicyclic) bond motifs is 2. The largest absolute Gasteiger partial charge is 0.353 e. The quantitative estimate of drug-likeness (QED) is 0.798. The van der Waals surface area contributed by atoms with Gasteiger partial charge in [0.15, 0.2) is 0 Å². The maximum atomic E-state index is 13.1. The van der Waals surface area contributed by atoms with E-state index in [0.29, 0.717) is 24.9 Å². The van der Waals surface area contributed by atoms with Gasteiger partial charge in [-0.3, -0.25) is 9.59 Å². The number of nitrogens with two attached hydrogens (primary N) is 1. The second-order valence-corrected chi connectivity index (χ2v) is 7.71. The van der Waals surface area contributed by atoms with Gasteiger partial charge in [0.25, 0.3) is 0 Å². The van der Waals surface area contributed by atoms with Gasteiger partial charge < -0.3 is 16.0 Å². The summed E-state index contributed by atoms with van der Waals surface area (Å²) in [6, 6.07) is -0.0277. The van der Waals surface area contributed by atoms with Crippen LogP contribution in [0, 0.1) is 23.7 Å². The molecule has 0 aromatic carbocycles. The van der Waals surface area contributed by atoms with Gasteiger partial charge in [-0.05, 0) is 43.4 Å². The summed E-state index contributed by atoms with van der Waals surface area (Å²) in [6.07, 6.45) is 5.41. The minimum absolute atomic E-state index is 0. The number of hydrogen-bond donors (Lipinski definition) is 2. The van der Waals surface area contributed by atoms with Gasteiger partial charge in [0, 0.05) is 25.0 Å². The summed E-state index contributed by atoms with van der Waals surface area (Å²) < 4.78 is 0.